The van der Waals surface area contributed by atoms with Crippen molar-refractivity contribution in [1.82, 2.24) is 14.9 Å². The molecule has 1 saturated carbocycles. The minimum absolute atomic E-state index is 0.219. The number of carbonyl (C=O) groups is 1. The van der Waals surface area contributed by atoms with E-state index in [4.69, 9.17) is 0 Å². The summed E-state index contributed by atoms with van der Waals surface area (Å²) in [5.74, 6) is -0.259. The first-order chi connectivity index (χ1) is 16.5. The summed E-state index contributed by atoms with van der Waals surface area (Å²) in [6.45, 7) is 2.78. The van der Waals surface area contributed by atoms with Gasteiger partial charge >= 0.3 is 5.97 Å². The molecule has 4 aromatic rings. The number of aromatic nitrogens is 2. The molecule has 0 aliphatic heterocycles. The van der Waals surface area contributed by atoms with Crippen LogP contribution >= 0.6 is 0 Å². The van der Waals surface area contributed by atoms with Crippen molar-refractivity contribution in [2.75, 3.05) is 7.05 Å². The number of carboxylic acid groups (broad SMARTS) is 1. The lowest BCUT2D eigenvalue weighted by Crippen LogP contribution is -2.33. The van der Waals surface area contributed by atoms with E-state index in [0.717, 1.165) is 23.2 Å². The zero-order valence-corrected chi connectivity index (χ0v) is 19.8. The zero-order chi connectivity index (χ0) is 23.7. The largest absolute Gasteiger partial charge is 0.478 e. The smallest absolute Gasteiger partial charge is 0.337 e. The standard InChI is InChI=1S/C29H31N3O2/c1-19-30-27-17-23(16-26(29(33)34)28(27)31-19)20-12-14-21(15-13-20)25-11-7-6-8-22(25)18-32(2)24-9-4-3-5-10-24/h6-8,11-17,24H,3-5,9-10,18H2,1-2H3,(H,30,31)(H,33,34). The van der Waals surface area contributed by atoms with Gasteiger partial charge in [-0.15, -0.1) is 0 Å². The molecule has 1 heterocycles. The molecule has 0 radical (unpaired) electrons. The van der Waals surface area contributed by atoms with Crippen LogP contribution in [0, 0.1) is 6.92 Å². The van der Waals surface area contributed by atoms with Crippen molar-refractivity contribution in [2.24, 2.45) is 0 Å². The van der Waals surface area contributed by atoms with Crippen molar-refractivity contribution in [3.8, 4) is 22.3 Å². The van der Waals surface area contributed by atoms with Crippen LogP contribution in [0.1, 0.15) is 53.8 Å². The first-order valence-electron chi connectivity index (χ1n) is 12.1. The van der Waals surface area contributed by atoms with Gasteiger partial charge in [-0.05, 0) is 66.8 Å². The number of benzene rings is 3. The van der Waals surface area contributed by atoms with Crippen molar-refractivity contribution in [3.63, 3.8) is 0 Å². The average Bonchev–Trinajstić information content (AvgIpc) is 3.24. The normalized spacial score (nSPS) is 14.7. The molecule has 5 nitrogen and oxygen atoms in total. The van der Waals surface area contributed by atoms with Crippen molar-refractivity contribution in [1.29, 1.82) is 0 Å². The number of aromatic amines is 1. The Hall–Kier alpha value is -3.44. The molecule has 34 heavy (non-hydrogen) atoms. The lowest BCUT2D eigenvalue weighted by atomic mass is 9.93. The van der Waals surface area contributed by atoms with Gasteiger partial charge in [-0.2, -0.15) is 0 Å². The van der Waals surface area contributed by atoms with Crippen LogP contribution in [0.5, 0.6) is 0 Å². The van der Waals surface area contributed by atoms with Gasteiger partial charge in [-0.25, -0.2) is 9.78 Å². The third-order valence-electron chi connectivity index (χ3n) is 7.10. The van der Waals surface area contributed by atoms with Crippen LogP contribution < -0.4 is 0 Å². The van der Waals surface area contributed by atoms with E-state index < -0.39 is 5.97 Å². The number of hydrogen-bond donors (Lipinski definition) is 2. The van der Waals surface area contributed by atoms with E-state index in [-0.39, 0.29) is 5.56 Å². The highest BCUT2D eigenvalue weighted by molar-refractivity contribution is 6.03. The molecule has 0 atom stereocenters. The van der Waals surface area contributed by atoms with Gasteiger partial charge in [0.2, 0.25) is 0 Å². The summed E-state index contributed by atoms with van der Waals surface area (Å²) in [6.07, 6.45) is 6.64. The minimum atomic E-state index is -0.967. The maximum absolute atomic E-state index is 11.8. The van der Waals surface area contributed by atoms with Crippen LogP contribution in [0.25, 0.3) is 33.3 Å². The van der Waals surface area contributed by atoms with Crippen molar-refractivity contribution in [3.05, 3.63) is 77.6 Å². The number of hydrogen-bond acceptors (Lipinski definition) is 3. The van der Waals surface area contributed by atoms with Gasteiger partial charge in [0.05, 0.1) is 11.1 Å². The Morgan fingerprint density at radius 3 is 2.44 bits per heavy atom. The van der Waals surface area contributed by atoms with E-state index in [2.05, 4.69) is 70.4 Å². The SMILES string of the molecule is Cc1nc2c(C(=O)O)cc(-c3ccc(-c4ccccc4CN(C)C4CCCCC4)cc3)cc2[nH]1. The number of H-pyrrole nitrogens is 1. The molecule has 5 rings (SSSR count). The molecule has 2 N–H and O–H groups in total. The van der Waals surface area contributed by atoms with Crippen molar-refractivity contribution < 1.29 is 9.90 Å². The number of carboxylic acids is 1. The van der Waals surface area contributed by atoms with E-state index in [1.807, 2.05) is 13.0 Å². The van der Waals surface area contributed by atoms with Crippen LogP contribution in [0.3, 0.4) is 0 Å². The number of nitrogens with zero attached hydrogens (tertiary/aromatic N) is 2. The highest BCUT2D eigenvalue weighted by atomic mass is 16.4. The van der Waals surface area contributed by atoms with E-state index in [1.54, 1.807) is 6.07 Å². The molecule has 1 fully saturated rings. The lowest BCUT2D eigenvalue weighted by molar-refractivity contribution is 0.0699. The van der Waals surface area contributed by atoms with Crippen LogP contribution in [0.15, 0.2) is 60.7 Å². The molecule has 0 spiro atoms. The van der Waals surface area contributed by atoms with Crippen molar-refractivity contribution >= 4 is 17.0 Å². The average molecular weight is 454 g/mol. The maximum atomic E-state index is 11.8. The Balaban J connectivity index is 1.44. The second-order valence-corrected chi connectivity index (χ2v) is 9.49. The van der Waals surface area contributed by atoms with Gasteiger partial charge in [-0.1, -0.05) is 67.8 Å². The fourth-order valence-corrected chi connectivity index (χ4v) is 5.27. The maximum Gasteiger partial charge on any atom is 0.337 e. The highest BCUT2D eigenvalue weighted by Gasteiger charge is 2.19. The summed E-state index contributed by atoms with van der Waals surface area (Å²) in [6, 6.07) is 21.4. The van der Waals surface area contributed by atoms with Gasteiger partial charge in [0, 0.05) is 12.6 Å². The van der Waals surface area contributed by atoms with E-state index in [0.29, 0.717) is 17.4 Å². The Bertz CT molecular complexity index is 1320. The lowest BCUT2D eigenvalue weighted by Gasteiger charge is -2.31. The molecule has 1 aromatic heterocycles. The molecule has 1 aliphatic carbocycles. The molecule has 0 unspecified atom stereocenters. The second-order valence-electron chi connectivity index (χ2n) is 9.49. The Kier molecular flexibility index (Phi) is 6.20. The summed E-state index contributed by atoms with van der Waals surface area (Å²) in [7, 11) is 2.25. The van der Waals surface area contributed by atoms with Crippen LogP contribution in [0.2, 0.25) is 0 Å². The highest BCUT2D eigenvalue weighted by Crippen LogP contribution is 2.31. The summed E-state index contributed by atoms with van der Waals surface area (Å²) in [4.78, 5) is 21.9. The molecular weight excluding hydrogens is 422 g/mol. The van der Waals surface area contributed by atoms with Crippen molar-refractivity contribution in [2.45, 2.75) is 51.6 Å². The van der Waals surface area contributed by atoms with Crippen LogP contribution in [0.4, 0.5) is 0 Å². The van der Waals surface area contributed by atoms with E-state index >= 15 is 0 Å². The Morgan fingerprint density at radius 1 is 1.00 bits per heavy atom. The second kappa shape index (κ2) is 9.43. The molecule has 3 aromatic carbocycles. The number of aromatic carboxylic acids is 1. The van der Waals surface area contributed by atoms with E-state index in [9.17, 15) is 9.90 Å². The fraction of sp³-hybridized carbons (Fsp3) is 0.310. The first-order valence-corrected chi connectivity index (χ1v) is 12.1. The number of aryl methyl sites for hydroxylation is 1. The number of rotatable bonds is 6. The van der Waals surface area contributed by atoms with Gasteiger partial charge in [0.25, 0.3) is 0 Å². The Labute approximate surface area is 200 Å². The fourth-order valence-electron chi connectivity index (χ4n) is 5.27. The summed E-state index contributed by atoms with van der Waals surface area (Å²) in [5.41, 5.74) is 7.08. The van der Waals surface area contributed by atoms with Crippen LogP contribution in [-0.4, -0.2) is 39.0 Å². The number of nitrogens with one attached hydrogen (secondary N) is 1. The predicted molar refractivity (Wildman–Crippen MR) is 137 cm³/mol. The minimum Gasteiger partial charge on any atom is -0.478 e. The number of imidazole rings is 1. The van der Waals surface area contributed by atoms with Crippen LogP contribution in [-0.2, 0) is 6.54 Å². The molecule has 0 saturated heterocycles. The predicted octanol–water partition coefficient (Wildman–Crippen LogP) is 6.67. The third-order valence-corrected chi connectivity index (χ3v) is 7.10. The van der Waals surface area contributed by atoms with Gasteiger partial charge in [0.15, 0.2) is 0 Å². The van der Waals surface area contributed by atoms with Gasteiger partial charge < -0.3 is 10.1 Å². The molecule has 5 heteroatoms. The molecule has 0 bridgehead atoms. The quantitative estimate of drug-likeness (QED) is 0.342. The topological polar surface area (TPSA) is 69.2 Å². The van der Waals surface area contributed by atoms with E-state index in [1.165, 1.54) is 48.8 Å². The molecule has 1 aliphatic rings. The summed E-state index contributed by atoms with van der Waals surface area (Å²) >= 11 is 0. The molecule has 0 amide bonds. The first kappa shape index (κ1) is 22.4. The zero-order valence-electron chi connectivity index (χ0n) is 19.8. The Morgan fingerprint density at radius 2 is 1.71 bits per heavy atom. The van der Waals surface area contributed by atoms with Gasteiger partial charge in [0.1, 0.15) is 11.3 Å². The molecular formula is C29H31N3O2. The summed E-state index contributed by atoms with van der Waals surface area (Å²) in [5, 5.41) is 9.69. The monoisotopic (exact) mass is 453 g/mol. The molecule has 174 valence electrons. The third kappa shape index (κ3) is 4.48. The number of fused-ring (bicyclic) bond motifs is 1. The van der Waals surface area contributed by atoms with Gasteiger partial charge in [-0.3, -0.25) is 4.90 Å². The summed E-state index contributed by atoms with van der Waals surface area (Å²) < 4.78 is 0.